The molecule has 2 aliphatic heterocycles. The topological polar surface area (TPSA) is 18.5 Å². The van der Waals surface area contributed by atoms with E-state index in [1.165, 1.54) is 45.7 Å². The molecule has 0 aliphatic carbocycles. The Balaban J connectivity index is 1.83. The van der Waals surface area contributed by atoms with Crippen molar-refractivity contribution >= 4 is 0 Å². The molecule has 1 atom stereocenters. The standard InChI is InChI=1S/C9H19N3/c1-11-5-6-12(8-11)9-3-2-4-10-7-9/h9-10H,2-8H2,1H3/t9-/m1/s1. The van der Waals surface area contributed by atoms with E-state index in [2.05, 4.69) is 22.2 Å². The van der Waals surface area contributed by atoms with Crippen LogP contribution in [0.4, 0.5) is 0 Å². The third-order valence-electron chi connectivity index (χ3n) is 2.98. The Morgan fingerprint density at radius 3 is 2.83 bits per heavy atom. The average Bonchev–Trinajstić information content (AvgIpc) is 2.54. The third kappa shape index (κ3) is 1.79. The summed E-state index contributed by atoms with van der Waals surface area (Å²) in [5.74, 6) is 0. The van der Waals surface area contributed by atoms with Crippen LogP contribution in [0.3, 0.4) is 0 Å². The second-order valence-electron chi connectivity index (χ2n) is 4.03. The first-order valence-corrected chi connectivity index (χ1v) is 4.99. The minimum absolute atomic E-state index is 0.809. The Bertz CT molecular complexity index is 140. The van der Waals surface area contributed by atoms with Crippen molar-refractivity contribution in [2.45, 2.75) is 18.9 Å². The van der Waals surface area contributed by atoms with Crippen LogP contribution in [-0.2, 0) is 0 Å². The molecule has 0 radical (unpaired) electrons. The lowest BCUT2D eigenvalue weighted by Crippen LogP contribution is -2.45. The van der Waals surface area contributed by atoms with E-state index in [1.54, 1.807) is 0 Å². The highest BCUT2D eigenvalue weighted by atomic mass is 15.4. The number of nitrogens with one attached hydrogen (secondary N) is 1. The molecule has 0 aromatic rings. The van der Waals surface area contributed by atoms with Gasteiger partial charge in [-0.2, -0.15) is 0 Å². The highest BCUT2D eigenvalue weighted by molar-refractivity contribution is 4.81. The maximum atomic E-state index is 3.47. The molecule has 2 heterocycles. The lowest BCUT2D eigenvalue weighted by Gasteiger charge is -2.31. The fourth-order valence-electron chi connectivity index (χ4n) is 2.19. The van der Waals surface area contributed by atoms with Gasteiger partial charge < -0.3 is 5.32 Å². The van der Waals surface area contributed by atoms with Crippen LogP contribution in [0.25, 0.3) is 0 Å². The van der Waals surface area contributed by atoms with Crippen molar-refractivity contribution in [3.63, 3.8) is 0 Å². The molecular formula is C9H19N3. The molecule has 1 N–H and O–H groups in total. The van der Waals surface area contributed by atoms with Gasteiger partial charge in [-0.3, -0.25) is 9.80 Å². The smallest absolute Gasteiger partial charge is 0.0507 e. The number of hydrogen-bond acceptors (Lipinski definition) is 3. The van der Waals surface area contributed by atoms with E-state index in [0.29, 0.717) is 0 Å². The molecule has 2 aliphatic rings. The predicted octanol–water partition coefficient (Wildman–Crippen LogP) is -0.0567. The van der Waals surface area contributed by atoms with Gasteiger partial charge in [0.2, 0.25) is 0 Å². The van der Waals surface area contributed by atoms with Crippen molar-refractivity contribution in [2.24, 2.45) is 0 Å². The summed E-state index contributed by atoms with van der Waals surface area (Å²) in [6, 6.07) is 0.809. The lowest BCUT2D eigenvalue weighted by atomic mass is 10.1. The molecule has 2 fully saturated rings. The number of likely N-dealkylation sites (N-methyl/N-ethyl adjacent to an activating group) is 1. The Labute approximate surface area is 74.7 Å². The van der Waals surface area contributed by atoms with Crippen LogP contribution in [0.5, 0.6) is 0 Å². The summed E-state index contributed by atoms with van der Waals surface area (Å²) in [5, 5.41) is 3.47. The second kappa shape index (κ2) is 3.73. The SMILES string of the molecule is CN1CCN([C@@H]2CCCNC2)C1. The summed E-state index contributed by atoms with van der Waals surface area (Å²) in [6.45, 7) is 6.11. The van der Waals surface area contributed by atoms with Crippen molar-refractivity contribution in [2.75, 3.05) is 39.9 Å². The van der Waals surface area contributed by atoms with E-state index < -0.39 is 0 Å². The summed E-state index contributed by atoms with van der Waals surface area (Å²) in [7, 11) is 2.20. The van der Waals surface area contributed by atoms with Gasteiger partial charge in [-0.05, 0) is 26.4 Å². The zero-order valence-corrected chi connectivity index (χ0v) is 7.92. The number of piperidine rings is 1. The number of rotatable bonds is 1. The van der Waals surface area contributed by atoms with Gasteiger partial charge in [-0.15, -0.1) is 0 Å². The molecule has 12 heavy (non-hydrogen) atoms. The van der Waals surface area contributed by atoms with E-state index in [1.807, 2.05) is 0 Å². The molecule has 0 saturated carbocycles. The second-order valence-corrected chi connectivity index (χ2v) is 4.03. The largest absolute Gasteiger partial charge is 0.315 e. The molecule has 0 aromatic heterocycles. The van der Waals surface area contributed by atoms with Crippen LogP contribution in [-0.4, -0.2) is 55.7 Å². The summed E-state index contributed by atoms with van der Waals surface area (Å²) in [5.41, 5.74) is 0. The quantitative estimate of drug-likeness (QED) is 0.593. The van der Waals surface area contributed by atoms with Crippen LogP contribution < -0.4 is 5.32 Å². The van der Waals surface area contributed by atoms with E-state index in [9.17, 15) is 0 Å². The molecule has 0 amide bonds. The van der Waals surface area contributed by atoms with Crippen LogP contribution in [0.2, 0.25) is 0 Å². The predicted molar refractivity (Wildman–Crippen MR) is 50.1 cm³/mol. The van der Waals surface area contributed by atoms with Gasteiger partial charge in [0.05, 0.1) is 6.67 Å². The zero-order chi connectivity index (χ0) is 8.39. The molecule has 2 rings (SSSR count). The third-order valence-corrected chi connectivity index (χ3v) is 2.98. The Kier molecular flexibility index (Phi) is 2.63. The number of hydrogen-bond donors (Lipinski definition) is 1. The Morgan fingerprint density at radius 1 is 1.33 bits per heavy atom. The van der Waals surface area contributed by atoms with Gasteiger partial charge in [-0.1, -0.05) is 0 Å². The normalized spacial score (nSPS) is 34.2. The molecule has 2 saturated heterocycles. The monoisotopic (exact) mass is 169 g/mol. The van der Waals surface area contributed by atoms with Gasteiger partial charge in [-0.25, -0.2) is 0 Å². The van der Waals surface area contributed by atoms with Crippen molar-refractivity contribution in [3.05, 3.63) is 0 Å². The van der Waals surface area contributed by atoms with Crippen molar-refractivity contribution in [1.29, 1.82) is 0 Å². The Morgan fingerprint density at radius 2 is 2.25 bits per heavy atom. The minimum atomic E-state index is 0.809. The first-order valence-electron chi connectivity index (χ1n) is 4.99. The van der Waals surface area contributed by atoms with E-state index >= 15 is 0 Å². The maximum absolute atomic E-state index is 3.47. The molecule has 0 bridgehead atoms. The zero-order valence-electron chi connectivity index (χ0n) is 7.92. The maximum Gasteiger partial charge on any atom is 0.0507 e. The fourth-order valence-corrected chi connectivity index (χ4v) is 2.19. The van der Waals surface area contributed by atoms with Crippen molar-refractivity contribution in [1.82, 2.24) is 15.1 Å². The molecule has 70 valence electrons. The number of nitrogens with zero attached hydrogens (tertiary/aromatic N) is 2. The average molecular weight is 169 g/mol. The molecule has 3 heteroatoms. The molecule has 3 nitrogen and oxygen atoms in total. The van der Waals surface area contributed by atoms with E-state index in [0.717, 1.165) is 6.04 Å². The molecule has 0 aromatic carbocycles. The van der Waals surface area contributed by atoms with Gasteiger partial charge in [0.25, 0.3) is 0 Å². The van der Waals surface area contributed by atoms with Gasteiger partial charge >= 0.3 is 0 Å². The van der Waals surface area contributed by atoms with Crippen LogP contribution in [0.15, 0.2) is 0 Å². The molecular weight excluding hydrogens is 150 g/mol. The van der Waals surface area contributed by atoms with Crippen LogP contribution in [0.1, 0.15) is 12.8 Å². The highest BCUT2D eigenvalue weighted by Crippen LogP contribution is 2.13. The van der Waals surface area contributed by atoms with E-state index in [4.69, 9.17) is 0 Å². The van der Waals surface area contributed by atoms with Crippen LogP contribution in [0, 0.1) is 0 Å². The molecule has 0 unspecified atom stereocenters. The summed E-state index contributed by atoms with van der Waals surface area (Å²) >= 11 is 0. The Hall–Kier alpha value is -0.120. The molecule has 0 spiro atoms. The fraction of sp³-hybridized carbons (Fsp3) is 1.00. The highest BCUT2D eigenvalue weighted by Gasteiger charge is 2.25. The first-order chi connectivity index (χ1) is 5.86. The van der Waals surface area contributed by atoms with Crippen LogP contribution >= 0.6 is 0 Å². The summed E-state index contributed by atoms with van der Waals surface area (Å²) in [4.78, 5) is 5.00. The lowest BCUT2D eigenvalue weighted by molar-refractivity contribution is 0.176. The van der Waals surface area contributed by atoms with Gasteiger partial charge in [0.15, 0.2) is 0 Å². The van der Waals surface area contributed by atoms with Gasteiger partial charge in [0, 0.05) is 25.7 Å². The van der Waals surface area contributed by atoms with Gasteiger partial charge in [0.1, 0.15) is 0 Å². The summed E-state index contributed by atoms with van der Waals surface area (Å²) < 4.78 is 0. The van der Waals surface area contributed by atoms with Crippen molar-refractivity contribution in [3.8, 4) is 0 Å². The first kappa shape index (κ1) is 8.48. The van der Waals surface area contributed by atoms with Crippen molar-refractivity contribution < 1.29 is 0 Å². The van der Waals surface area contributed by atoms with E-state index in [-0.39, 0.29) is 0 Å². The minimum Gasteiger partial charge on any atom is -0.315 e. The summed E-state index contributed by atoms with van der Waals surface area (Å²) in [6.07, 6.45) is 2.74.